The van der Waals surface area contributed by atoms with Crippen LogP contribution in [-0.2, 0) is 27.4 Å². The van der Waals surface area contributed by atoms with Crippen LogP contribution in [0.3, 0.4) is 0 Å². The van der Waals surface area contributed by atoms with E-state index in [2.05, 4.69) is 15.6 Å². The third-order valence-electron chi connectivity index (χ3n) is 4.62. The average Bonchev–Trinajstić information content (AvgIpc) is 2.73. The number of carbonyl (C=O) groups excluding carboxylic acids is 1. The van der Waals surface area contributed by atoms with E-state index < -0.39 is 12.8 Å². The van der Waals surface area contributed by atoms with E-state index in [0.717, 1.165) is 31.4 Å². The third kappa shape index (κ3) is 11.9. The van der Waals surface area contributed by atoms with Crippen molar-refractivity contribution < 1.29 is 27.4 Å². The Morgan fingerprint density at radius 1 is 1.25 bits per heavy atom. The molecule has 1 fully saturated rings. The molecule has 1 saturated heterocycles. The van der Waals surface area contributed by atoms with Gasteiger partial charge in [0.2, 0.25) is 5.91 Å². The predicted molar refractivity (Wildman–Crippen MR) is 127 cm³/mol. The highest BCUT2D eigenvalue weighted by atomic mass is 127. The van der Waals surface area contributed by atoms with Crippen LogP contribution in [0.15, 0.2) is 29.3 Å². The Bertz CT molecular complexity index is 726. The lowest BCUT2D eigenvalue weighted by molar-refractivity contribution is -0.176. The van der Waals surface area contributed by atoms with Crippen LogP contribution in [0.25, 0.3) is 0 Å². The van der Waals surface area contributed by atoms with Crippen molar-refractivity contribution in [3.63, 3.8) is 0 Å². The number of likely N-dealkylation sites (N-methyl/N-ethyl adjacent to an activating group) is 1. The molecule has 1 aromatic rings. The van der Waals surface area contributed by atoms with Crippen molar-refractivity contribution in [1.29, 1.82) is 0 Å². The Morgan fingerprint density at radius 3 is 2.66 bits per heavy atom. The van der Waals surface area contributed by atoms with E-state index in [0.29, 0.717) is 24.6 Å². The maximum absolute atomic E-state index is 12.2. The average molecular weight is 572 g/mol. The lowest BCUT2D eigenvalue weighted by atomic mass is 10.1. The van der Waals surface area contributed by atoms with Gasteiger partial charge in [0.1, 0.15) is 6.61 Å². The van der Waals surface area contributed by atoms with Crippen LogP contribution in [0, 0.1) is 0 Å². The molecule has 32 heavy (non-hydrogen) atoms. The molecule has 2 rings (SSSR count). The van der Waals surface area contributed by atoms with Gasteiger partial charge in [0, 0.05) is 27.2 Å². The van der Waals surface area contributed by atoms with Crippen molar-refractivity contribution in [2.75, 3.05) is 40.4 Å². The molecule has 0 saturated carbocycles. The number of aliphatic imine (C=N–C) groups is 1. The van der Waals surface area contributed by atoms with Crippen molar-refractivity contribution in [2.45, 2.75) is 44.7 Å². The van der Waals surface area contributed by atoms with E-state index in [1.165, 1.54) is 4.90 Å². The smallest absolute Gasteiger partial charge is 0.376 e. The molecule has 1 amide bonds. The molecule has 0 aromatic heterocycles. The lowest BCUT2D eigenvalue weighted by Gasteiger charge is -2.24. The Kier molecular flexibility index (Phi) is 12.9. The summed E-state index contributed by atoms with van der Waals surface area (Å²) in [5, 5.41) is 6.23. The van der Waals surface area contributed by atoms with E-state index in [4.69, 9.17) is 9.47 Å². The first-order valence-corrected chi connectivity index (χ1v) is 10.3. The number of ether oxygens (including phenoxy) is 2. The minimum Gasteiger partial charge on any atom is -0.376 e. The number of nitrogens with one attached hydrogen (secondary N) is 2. The normalized spacial score (nSPS) is 16.8. The SMILES string of the molecule is CN(C)C(=O)CNC(=NCc1cccc(COCC(F)(F)F)c1)NCC1CCCCO1.I. The number of halogens is 4. The summed E-state index contributed by atoms with van der Waals surface area (Å²) >= 11 is 0. The van der Waals surface area contributed by atoms with Gasteiger partial charge in [0.25, 0.3) is 0 Å². The number of hydrogen-bond donors (Lipinski definition) is 2. The fourth-order valence-corrected chi connectivity index (χ4v) is 2.94. The molecule has 2 N–H and O–H groups in total. The van der Waals surface area contributed by atoms with Gasteiger partial charge in [-0.25, -0.2) is 4.99 Å². The number of alkyl halides is 3. The van der Waals surface area contributed by atoms with Gasteiger partial charge < -0.3 is 25.0 Å². The second-order valence-corrected chi connectivity index (χ2v) is 7.60. The van der Waals surface area contributed by atoms with E-state index in [1.807, 2.05) is 6.07 Å². The molecule has 1 aliphatic heterocycles. The molecule has 11 heteroatoms. The maximum atomic E-state index is 12.2. The molecule has 1 unspecified atom stereocenters. The van der Waals surface area contributed by atoms with E-state index in [9.17, 15) is 18.0 Å². The minimum atomic E-state index is -4.35. The van der Waals surface area contributed by atoms with Crippen molar-refractivity contribution in [1.82, 2.24) is 15.5 Å². The number of hydrogen-bond acceptors (Lipinski definition) is 4. The van der Waals surface area contributed by atoms with Crippen molar-refractivity contribution in [3.8, 4) is 0 Å². The van der Waals surface area contributed by atoms with Crippen LogP contribution < -0.4 is 10.6 Å². The quantitative estimate of drug-likeness (QED) is 0.271. The number of amides is 1. The summed E-state index contributed by atoms with van der Waals surface area (Å²) in [4.78, 5) is 17.9. The molecule has 0 aliphatic carbocycles. The zero-order chi connectivity index (χ0) is 22.7. The van der Waals surface area contributed by atoms with E-state index in [-0.39, 0.29) is 49.1 Å². The number of rotatable bonds is 9. The molecular weight excluding hydrogens is 540 g/mol. The summed E-state index contributed by atoms with van der Waals surface area (Å²) in [5.41, 5.74) is 1.46. The largest absolute Gasteiger partial charge is 0.411 e. The zero-order valence-corrected chi connectivity index (χ0v) is 20.7. The molecule has 0 spiro atoms. The van der Waals surface area contributed by atoms with Crippen LogP contribution in [0.1, 0.15) is 30.4 Å². The highest BCUT2D eigenvalue weighted by Gasteiger charge is 2.27. The first-order chi connectivity index (χ1) is 14.7. The number of nitrogens with zero attached hydrogens (tertiary/aromatic N) is 2. The van der Waals surface area contributed by atoms with Crippen LogP contribution in [0.2, 0.25) is 0 Å². The van der Waals surface area contributed by atoms with Gasteiger partial charge in [-0.1, -0.05) is 24.3 Å². The summed E-state index contributed by atoms with van der Waals surface area (Å²) in [6.45, 7) is 0.301. The standard InChI is InChI=1S/C21H31F3N4O3.HI/c1-28(2)19(29)13-27-20(26-12-18-8-3-4-9-31-18)25-11-16-6-5-7-17(10-16)14-30-15-21(22,23)24;/h5-7,10,18H,3-4,8-9,11-15H2,1-2H3,(H2,25,26,27);1H. The van der Waals surface area contributed by atoms with Gasteiger partial charge >= 0.3 is 6.18 Å². The van der Waals surface area contributed by atoms with Gasteiger partial charge in [0.15, 0.2) is 5.96 Å². The molecule has 0 radical (unpaired) electrons. The molecular formula is C21H32F3IN4O3. The molecule has 182 valence electrons. The Morgan fingerprint density at radius 2 is 2.00 bits per heavy atom. The van der Waals surface area contributed by atoms with Gasteiger partial charge in [-0.05, 0) is 30.4 Å². The van der Waals surface area contributed by atoms with Crippen LogP contribution in [0.5, 0.6) is 0 Å². The number of carbonyl (C=O) groups is 1. The predicted octanol–water partition coefficient (Wildman–Crippen LogP) is 3.08. The van der Waals surface area contributed by atoms with Gasteiger partial charge in [-0.3, -0.25) is 4.79 Å². The second kappa shape index (κ2) is 14.5. The van der Waals surface area contributed by atoms with Crippen LogP contribution in [0.4, 0.5) is 13.2 Å². The number of benzene rings is 1. The highest BCUT2D eigenvalue weighted by molar-refractivity contribution is 14.0. The van der Waals surface area contributed by atoms with Crippen LogP contribution in [-0.4, -0.2) is 69.4 Å². The van der Waals surface area contributed by atoms with Crippen molar-refractivity contribution >= 4 is 35.8 Å². The topological polar surface area (TPSA) is 75.2 Å². The molecule has 1 aliphatic rings. The minimum absolute atomic E-state index is 0. The van der Waals surface area contributed by atoms with Crippen LogP contribution >= 0.6 is 24.0 Å². The highest BCUT2D eigenvalue weighted by Crippen LogP contribution is 2.16. The molecule has 0 bridgehead atoms. The molecule has 1 atom stereocenters. The molecule has 1 aromatic carbocycles. The van der Waals surface area contributed by atoms with Gasteiger partial charge in [-0.15, -0.1) is 24.0 Å². The van der Waals surface area contributed by atoms with E-state index >= 15 is 0 Å². The fraction of sp³-hybridized carbons (Fsp3) is 0.619. The lowest BCUT2D eigenvalue weighted by Crippen LogP contribution is -2.45. The Balaban J connectivity index is 0.00000512. The van der Waals surface area contributed by atoms with Gasteiger partial charge in [-0.2, -0.15) is 13.2 Å². The summed E-state index contributed by atoms with van der Waals surface area (Å²) in [5.74, 6) is 0.385. The van der Waals surface area contributed by atoms with Crippen molar-refractivity contribution in [2.24, 2.45) is 4.99 Å². The summed E-state index contributed by atoms with van der Waals surface area (Å²) in [6.07, 6.45) is -1.10. The Labute approximate surface area is 204 Å². The summed E-state index contributed by atoms with van der Waals surface area (Å²) in [7, 11) is 3.35. The maximum Gasteiger partial charge on any atom is 0.411 e. The summed E-state index contributed by atoms with van der Waals surface area (Å²) in [6, 6.07) is 7.05. The fourth-order valence-electron chi connectivity index (χ4n) is 2.94. The van der Waals surface area contributed by atoms with Gasteiger partial charge in [0.05, 0.1) is 25.8 Å². The number of guanidine groups is 1. The zero-order valence-electron chi connectivity index (χ0n) is 18.4. The molecule has 7 nitrogen and oxygen atoms in total. The Hall–Kier alpha value is -1.60. The second-order valence-electron chi connectivity index (χ2n) is 7.60. The first kappa shape index (κ1) is 28.4. The first-order valence-electron chi connectivity index (χ1n) is 10.3. The third-order valence-corrected chi connectivity index (χ3v) is 4.62. The summed E-state index contributed by atoms with van der Waals surface area (Å²) < 4.78 is 47.2. The van der Waals surface area contributed by atoms with E-state index in [1.54, 1.807) is 32.3 Å². The molecule has 1 heterocycles. The monoisotopic (exact) mass is 572 g/mol. The van der Waals surface area contributed by atoms with Crippen molar-refractivity contribution in [3.05, 3.63) is 35.4 Å².